The molecule has 2 N–H and O–H groups in total. The van der Waals surface area contributed by atoms with Crippen LogP contribution in [-0.2, 0) is 16.6 Å². The first-order chi connectivity index (χ1) is 9.13. The minimum atomic E-state index is -3.48. The molecule has 0 atom stereocenters. The average Bonchev–Trinajstić information content (AvgIpc) is 3.01. The summed E-state index contributed by atoms with van der Waals surface area (Å²) in [4.78, 5) is 0. The van der Waals surface area contributed by atoms with E-state index in [9.17, 15) is 8.42 Å². The molecule has 1 aromatic heterocycles. The van der Waals surface area contributed by atoms with Gasteiger partial charge in [0.15, 0.2) is 0 Å². The zero-order valence-corrected chi connectivity index (χ0v) is 11.7. The third-order valence-electron chi connectivity index (χ3n) is 3.83. The van der Waals surface area contributed by atoms with Crippen molar-refractivity contribution in [3.63, 3.8) is 0 Å². The molecule has 2 aliphatic rings. The van der Waals surface area contributed by atoms with E-state index < -0.39 is 10.0 Å². The molecule has 19 heavy (non-hydrogen) atoms. The Hall–Kier alpha value is -0.850. The van der Waals surface area contributed by atoms with Crippen molar-refractivity contribution in [2.45, 2.75) is 49.8 Å². The number of hydrogen-bond acceptors (Lipinski definition) is 4. The number of hydrogen-bond donors (Lipinski definition) is 2. The van der Waals surface area contributed by atoms with E-state index in [4.69, 9.17) is 4.42 Å². The van der Waals surface area contributed by atoms with Crippen LogP contribution in [0.4, 0.5) is 0 Å². The Morgan fingerprint density at radius 2 is 2.00 bits per heavy atom. The molecule has 1 aromatic rings. The predicted octanol–water partition coefficient (Wildman–Crippen LogP) is 1.61. The van der Waals surface area contributed by atoms with Gasteiger partial charge in [0.05, 0.1) is 6.54 Å². The Morgan fingerprint density at radius 1 is 1.21 bits per heavy atom. The van der Waals surface area contributed by atoms with Crippen molar-refractivity contribution >= 4 is 10.0 Å². The SMILES string of the molecule is O=S(=O)(NCC1CCC1)c1ccc(CNC2CC2)o1. The fourth-order valence-electron chi connectivity index (χ4n) is 2.13. The van der Waals surface area contributed by atoms with Crippen LogP contribution in [0.15, 0.2) is 21.6 Å². The van der Waals surface area contributed by atoms with E-state index in [1.54, 1.807) is 6.07 Å². The summed E-state index contributed by atoms with van der Waals surface area (Å²) in [5, 5.41) is 3.32. The lowest BCUT2D eigenvalue weighted by atomic mass is 9.86. The zero-order chi connectivity index (χ0) is 13.3. The van der Waals surface area contributed by atoms with Crippen LogP contribution < -0.4 is 10.0 Å². The summed E-state index contributed by atoms with van der Waals surface area (Å²) in [5.41, 5.74) is 0. The van der Waals surface area contributed by atoms with Crippen LogP contribution >= 0.6 is 0 Å². The first kappa shape index (κ1) is 13.1. The molecule has 6 heteroatoms. The van der Waals surface area contributed by atoms with Crippen molar-refractivity contribution in [3.05, 3.63) is 17.9 Å². The van der Waals surface area contributed by atoms with Crippen molar-refractivity contribution in [1.29, 1.82) is 0 Å². The third-order valence-corrected chi connectivity index (χ3v) is 5.13. The normalized spacial score (nSPS) is 20.4. The molecular formula is C13H20N2O3S. The quantitative estimate of drug-likeness (QED) is 0.798. The summed E-state index contributed by atoms with van der Waals surface area (Å²) >= 11 is 0. The van der Waals surface area contributed by atoms with E-state index in [1.807, 2.05) is 0 Å². The Labute approximate surface area is 113 Å². The average molecular weight is 284 g/mol. The van der Waals surface area contributed by atoms with Gasteiger partial charge in [0.1, 0.15) is 5.76 Å². The van der Waals surface area contributed by atoms with Gasteiger partial charge in [-0.1, -0.05) is 6.42 Å². The second kappa shape index (κ2) is 5.26. The van der Waals surface area contributed by atoms with E-state index in [2.05, 4.69) is 10.0 Å². The van der Waals surface area contributed by atoms with E-state index in [-0.39, 0.29) is 5.09 Å². The van der Waals surface area contributed by atoms with Crippen molar-refractivity contribution < 1.29 is 12.8 Å². The van der Waals surface area contributed by atoms with E-state index in [0.717, 1.165) is 12.8 Å². The molecule has 5 nitrogen and oxygen atoms in total. The molecule has 0 bridgehead atoms. The lowest BCUT2D eigenvalue weighted by Gasteiger charge is -2.24. The Morgan fingerprint density at radius 3 is 2.63 bits per heavy atom. The molecule has 1 heterocycles. The van der Waals surface area contributed by atoms with E-state index >= 15 is 0 Å². The van der Waals surface area contributed by atoms with Crippen LogP contribution in [0.2, 0.25) is 0 Å². The first-order valence-electron chi connectivity index (χ1n) is 6.95. The van der Waals surface area contributed by atoms with Gasteiger partial charge in [-0.2, -0.15) is 0 Å². The molecule has 3 rings (SSSR count). The number of rotatable bonds is 7. The summed E-state index contributed by atoms with van der Waals surface area (Å²) in [6, 6.07) is 3.85. The van der Waals surface area contributed by atoms with E-state index in [0.29, 0.717) is 30.8 Å². The maximum absolute atomic E-state index is 12.0. The van der Waals surface area contributed by atoms with Gasteiger partial charge in [-0.3, -0.25) is 0 Å². The Kier molecular flexibility index (Phi) is 3.64. The molecule has 106 valence electrons. The highest BCUT2D eigenvalue weighted by Crippen LogP contribution is 2.26. The van der Waals surface area contributed by atoms with E-state index in [1.165, 1.54) is 25.3 Å². The van der Waals surface area contributed by atoms with Crippen molar-refractivity contribution in [2.24, 2.45) is 5.92 Å². The largest absolute Gasteiger partial charge is 0.447 e. The predicted molar refractivity (Wildman–Crippen MR) is 71.1 cm³/mol. The van der Waals surface area contributed by atoms with Crippen molar-refractivity contribution in [2.75, 3.05) is 6.54 Å². The van der Waals surface area contributed by atoms with Crippen LogP contribution in [0.5, 0.6) is 0 Å². The topological polar surface area (TPSA) is 71.3 Å². The van der Waals surface area contributed by atoms with Crippen molar-refractivity contribution in [1.82, 2.24) is 10.0 Å². The van der Waals surface area contributed by atoms with Gasteiger partial charge in [-0.25, -0.2) is 13.1 Å². The molecule has 0 saturated heterocycles. The molecule has 0 radical (unpaired) electrons. The van der Waals surface area contributed by atoms with Gasteiger partial charge in [0, 0.05) is 12.6 Å². The van der Waals surface area contributed by atoms with Gasteiger partial charge >= 0.3 is 0 Å². The first-order valence-corrected chi connectivity index (χ1v) is 8.43. The highest BCUT2D eigenvalue weighted by molar-refractivity contribution is 7.89. The van der Waals surface area contributed by atoms with Crippen LogP contribution in [0.25, 0.3) is 0 Å². The minimum Gasteiger partial charge on any atom is -0.447 e. The summed E-state index contributed by atoms with van der Waals surface area (Å²) in [6.45, 7) is 1.13. The van der Waals surface area contributed by atoms with Crippen LogP contribution in [0.3, 0.4) is 0 Å². The van der Waals surface area contributed by atoms with Crippen LogP contribution in [-0.4, -0.2) is 21.0 Å². The Balaban J connectivity index is 1.56. The summed E-state index contributed by atoms with van der Waals surface area (Å²) in [6.07, 6.45) is 5.86. The molecule has 0 aliphatic heterocycles. The highest BCUT2D eigenvalue weighted by Gasteiger charge is 2.24. The van der Waals surface area contributed by atoms with Gasteiger partial charge < -0.3 is 9.73 Å². The van der Waals surface area contributed by atoms with Crippen LogP contribution in [0, 0.1) is 5.92 Å². The van der Waals surface area contributed by atoms with Gasteiger partial charge in [0.25, 0.3) is 10.0 Å². The van der Waals surface area contributed by atoms with Gasteiger partial charge in [-0.05, 0) is 43.7 Å². The molecule has 0 aromatic carbocycles. The lowest BCUT2D eigenvalue weighted by molar-refractivity contribution is 0.314. The molecule has 0 amide bonds. The molecule has 2 saturated carbocycles. The third kappa shape index (κ3) is 3.38. The van der Waals surface area contributed by atoms with Gasteiger partial charge in [0.2, 0.25) is 5.09 Å². The molecule has 0 unspecified atom stereocenters. The maximum atomic E-state index is 12.0. The fourth-order valence-corrected chi connectivity index (χ4v) is 3.19. The summed E-state index contributed by atoms with van der Waals surface area (Å²) in [7, 11) is -3.48. The lowest BCUT2D eigenvalue weighted by Crippen LogP contribution is -2.32. The van der Waals surface area contributed by atoms with Crippen molar-refractivity contribution in [3.8, 4) is 0 Å². The second-order valence-corrected chi connectivity index (χ2v) is 7.22. The molecule has 0 spiro atoms. The molecule has 2 aliphatic carbocycles. The van der Waals surface area contributed by atoms with Gasteiger partial charge in [-0.15, -0.1) is 0 Å². The monoisotopic (exact) mass is 284 g/mol. The second-order valence-electron chi connectivity index (χ2n) is 5.52. The fraction of sp³-hybridized carbons (Fsp3) is 0.692. The zero-order valence-electron chi connectivity index (χ0n) is 10.9. The number of sulfonamides is 1. The maximum Gasteiger partial charge on any atom is 0.273 e. The molecular weight excluding hydrogens is 264 g/mol. The molecule has 2 fully saturated rings. The Bertz CT molecular complexity index is 530. The number of furan rings is 1. The standard InChI is InChI=1S/C13H20N2O3S/c16-19(17,15-8-10-2-1-3-10)13-7-6-12(18-13)9-14-11-4-5-11/h6-7,10-11,14-15H,1-5,8-9H2. The van der Waals surface area contributed by atoms with Crippen LogP contribution in [0.1, 0.15) is 37.9 Å². The number of nitrogens with one attached hydrogen (secondary N) is 2. The minimum absolute atomic E-state index is 0.0272. The smallest absolute Gasteiger partial charge is 0.273 e. The summed E-state index contributed by atoms with van der Waals surface area (Å²) < 4.78 is 32.1. The highest BCUT2D eigenvalue weighted by atomic mass is 32.2. The summed E-state index contributed by atoms with van der Waals surface area (Å²) in [5.74, 6) is 1.18.